The standard InChI is InChI=1S/C16H23N3O/c17-16(18-11-12-5-1-2-6-12)19-14-9-10-20-15-8-4-3-7-13(14)15/h3-4,7-8,12,14H,1-2,5-6,9-11H2,(H3,17,18,19). The second-order valence-corrected chi connectivity index (χ2v) is 5.75. The smallest absolute Gasteiger partial charge is 0.189 e. The van der Waals surface area contributed by atoms with Crippen molar-refractivity contribution in [1.82, 2.24) is 5.32 Å². The predicted molar refractivity (Wildman–Crippen MR) is 80.9 cm³/mol. The summed E-state index contributed by atoms with van der Waals surface area (Å²) in [5.74, 6) is 2.26. The molecule has 1 atom stereocenters. The molecule has 3 rings (SSSR count). The summed E-state index contributed by atoms with van der Waals surface area (Å²) < 4.78 is 5.66. The molecule has 1 aromatic rings. The molecular formula is C16H23N3O. The molecule has 0 amide bonds. The Hall–Kier alpha value is -1.71. The molecule has 1 heterocycles. The third-order valence-corrected chi connectivity index (χ3v) is 4.28. The Kier molecular flexibility index (Phi) is 4.09. The summed E-state index contributed by atoms with van der Waals surface area (Å²) in [6, 6.07) is 8.35. The van der Waals surface area contributed by atoms with E-state index in [-0.39, 0.29) is 6.04 Å². The molecule has 1 fully saturated rings. The van der Waals surface area contributed by atoms with Crippen molar-refractivity contribution < 1.29 is 4.74 Å². The Bertz CT molecular complexity index is 480. The molecule has 108 valence electrons. The molecule has 1 aliphatic carbocycles. The van der Waals surface area contributed by atoms with Crippen LogP contribution in [0.2, 0.25) is 0 Å². The van der Waals surface area contributed by atoms with Crippen LogP contribution in [0.1, 0.15) is 43.7 Å². The average Bonchev–Trinajstić information content (AvgIpc) is 2.99. The molecule has 1 saturated carbocycles. The highest BCUT2D eigenvalue weighted by Gasteiger charge is 2.21. The first-order valence-corrected chi connectivity index (χ1v) is 7.61. The van der Waals surface area contributed by atoms with Crippen molar-refractivity contribution in [3.05, 3.63) is 29.8 Å². The lowest BCUT2D eigenvalue weighted by Gasteiger charge is -2.27. The largest absolute Gasteiger partial charge is 0.493 e. The zero-order valence-electron chi connectivity index (χ0n) is 11.8. The van der Waals surface area contributed by atoms with Gasteiger partial charge >= 0.3 is 0 Å². The van der Waals surface area contributed by atoms with Gasteiger partial charge in [0.1, 0.15) is 5.75 Å². The molecule has 0 aromatic heterocycles. The topological polar surface area (TPSA) is 59.6 Å². The van der Waals surface area contributed by atoms with Crippen molar-refractivity contribution >= 4 is 5.96 Å². The summed E-state index contributed by atoms with van der Waals surface area (Å²) >= 11 is 0. The molecular weight excluding hydrogens is 250 g/mol. The lowest BCUT2D eigenvalue weighted by atomic mass is 10.0. The van der Waals surface area contributed by atoms with Crippen molar-refractivity contribution in [3.63, 3.8) is 0 Å². The van der Waals surface area contributed by atoms with Gasteiger partial charge in [-0.3, -0.25) is 4.99 Å². The minimum atomic E-state index is 0.215. The van der Waals surface area contributed by atoms with Gasteiger partial charge in [-0.15, -0.1) is 0 Å². The van der Waals surface area contributed by atoms with Crippen LogP contribution in [0.4, 0.5) is 0 Å². The minimum absolute atomic E-state index is 0.215. The maximum Gasteiger partial charge on any atom is 0.189 e. The third-order valence-electron chi connectivity index (χ3n) is 4.28. The molecule has 3 N–H and O–H groups in total. The van der Waals surface area contributed by atoms with E-state index >= 15 is 0 Å². The maximum atomic E-state index is 6.04. The maximum absolute atomic E-state index is 6.04. The zero-order valence-corrected chi connectivity index (χ0v) is 11.8. The van der Waals surface area contributed by atoms with Gasteiger partial charge < -0.3 is 15.8 Å². The number of benzene rings is 1. The SMILES string of the molecule is NC(=NCC1CCCC1)NC1CCOc2ccccc21. The van der Waals surface area contributed by atoms with Crippen LogP contribution in [0.25, 0.3) is 0 Å². The number of fused-ring (bicyclic) bond motifs is 1. The highest BCUT2D eigenvalue weighted by atomic mass is 16.5. The number of aliphatic imine (C=N–C) groups is 1. The molecule has 0 spiro atoms. The van der Waals surface area contributed by atoms with Crippen LogP contribution in [-0.4, -0.2) is 19.1 Å². The van der Waals surface area contributed by atoms with Gasteiger partial charge in [0.25, 0.3) is 0 Å². The Morgan fingerprint density at radius 3 is 2.90 bits per heavy atom. The average molecular weight is 273 g/mol. The van der Waals surface area contributed by atoms with Crippen molar-refractivity contribution in [2.45, 2.75) is 38.1 Å². The van der Waals surface area contributed by atoms with E-state index in [0.717, 1.165) is 31.2 Å². The summed E-state index contributed by atoms with van der Waals surface area (Å²) in [6.45, 7) is 1.59. The minimum Gasteiger partial charge on any atom is -0.493 e. The lowest BCUT2D eigenvalue weighted by molar-refractivity contribution is 0.262. The van der Waals surface area contributed by atoms with Crippen LogP contribution >= 0.6 is 0 Å². The number of nitrogens with two attached hydrogens (primary N) is 1. The van der Waals surface area contributed by atoms with Crippen molar-refractivity contribution in [1.29, 1.82) is 0 Å². The van der Waals surface area contributed by atoms with Gasteiger partial charge in [0.2, 0.25) is 0 Å². The van der Waals surface area contributed by atoms with Crippen LogP contribution < -0.4 is 15.8 Å². The molecule has 1 unspecified atom stereocenters. The van der Waals surface area contributed by atoms with Gasteiger partial charge in [-0.2, -0.15) is 0 Å². The summed E-state index contributed by atoms with van der Waals surface area (Å²) in [4.78, 5) is 4.52. The fraction of sp³-hybridized carbons (Fsp3) is 0.562. The molecule has 20 heavy (non-hydrogen) atoms. The van der Waals surface area contributed by atoms with Gasteiger partial charge in [-0.1, -0.05) is 31.0 Å². The summed E-state index contributed by atoms with van der Waals surface area (Å²) in [6.07, 6.45) is 6.23. The van der Waals surface area contributed by atoms with Crippen molar-refractivity contribution in [3.8, 4) is 5.75 Å². The molecule has 4 heteroatoms. The molecule has 0 radical (unpaired) electrons. The first-order chi connectivity index (χ1) is 9.83. The first kappa shape index (κ1) is 13.3. The lowest BCUT2D eigenvalue weighted by Crippen LogP contribution is -2.37. The first-order valence-electron chi connectivity index (χ1n) is 7.61. The fourth-order valence-corrected chi connectivity index (χ4v) is 3.14. The van der Waals surface area contributed by atoms with Gasteiger partial charge in [-0.25, -0.2) is 0 Å². The number of hydrogen-bond donors (Lipinski definition) is 2. The molecule has 1 aromatic carbocycles. The number of para-hydroxylation sites is 1. The molecule has 0 saturated heterocycles. The highest BCUT2D eigenvalue weighted by molar-refractivity contribution is 5.78. The number of nitrogens with zero attached hydrogens (tertiary/aromatic N) is 1. The van der Waals surface area contributed by atoms with E-state index in [4.69, 9.17) is 10.5 Å². The van der Waals surface area contributed by atoms with Gasteiger partial charge in [0, 0.05) is 18.5 Å². The van der Waals surface area contributed by atoms with E-state index in [0.29, 0.717) is 5.96 Å². The molecule has 2 aliphatic rings. The Labute approximate surface area is 120 Å². The van der Waals surface area contributed by atoms with Gasteiger partial charge in [0.05, 0.1) is 12.6 Å². The van der Waals surface area contributed by atoms with Crippen LogP contribution in [0.5, 0.6) is 5.75 Å². The van der Waals surface area contributed by atoms with E-state index in [1.807, 2.05) is 18.2 Å². The van der Waals surface area contributed by atoms with Crippen LogP contribution in [0.3, 0.4) is 0 Å². The third kappa shape index (κ3) is 3.06. The summed E-state index contributed by atoms with van der Waals surface area (Å²) in [5, 5.41) is 3.35. The fourth-order valence-electron chi connectivity index (χ4n) is 3.14. The van der Waals surface area contributed by atoms with Gasteiger partial charge in [-0.05, 0) is 24.8 Å². The number of ether oxygens (including phenoxy) is 1. The second-order valence-electron chi connectivity index (χ2n) is 5.75. The summed E-state index contributed by atoms with van der Waals surface area (Å²) in [7, 11) is 0. The van der Waals surface area contributed by atoms with E-state index < -0.39 is 0 Å². The molecule has 1 aliphatic heterocycles. The second kappa shape index (κ2) is 6.16. The number of guanidine groups is 1. The Balaban J connectivity index is 1.61. The zero-order chi connectivity index (χ0) is 13.8. The van der Waals surface area contributed by atoms with Crippen LogP contribution in [0.15, 0.2) is 29.3 Å². The van der Waals surface area contributed by atoms with Crippen molar-refractivity contribution in [2.24, 2.45) is 16.6 Å². The predicted octanol–water partition coefficient (Wildman–Crippen LogP) is 2.60. The summed E-state index contributed by atoms with van der Waals surface area (Å²) in [5.41, 5.74) is 7.22. The van der Waals surface area contributed by atoms with Crippen molar-refractivity contribution in [2.75, 3.05) is 13.2 Å². The van der Waals surface area contributed by atoms with E-state index in [2.05, 4.69) is 16.4 Å². The quantitative estimate of drug-likeness (QED) is 0.657. The molecule has 0 bridgehead atoms. The van der Waals surface area contributed by atoms with Crippen LogP contribution in [-0.2, 0) is 0 Å². The monoisotopic (exact) mass is 273 g/mol. The van der Waals surface area contributed by atoms with E-state index in [1.54, 1.807) is 0 Å². The number of hydrogen-bond acceptors (Lipinski definition) is 2. The van der Waals surface area contributed by atoms with E-state index in [9.17, 15) is 0 Å². The Morgan fingerprint density at radius 2 is 2.05 bits per heavy atom. The van der Waals surface area contributed by atoms with Crippen LogP contribution in [0, 0.1) is 5.92 Å². The molecule has 4 nitrogen and oxygen atoms in total. The number of rotatable bonds is 3. The number of nitrogens with one attached hydrogen (secondary N) is 1. The van der Waals surface area contributed by atoms with Gasteiger partial charge in [0.15, 0.2) is 5.96 Å². The van der Waals surface area contributed by atoms with E-state index in [1.165, 1.54) is 31.2 Å². The normalized spacial score (nSPS) is 23.2. The Morgan fingerprint density at radius 1 is 1.25 bits per heavy atom. The highest BCUT2D eigenvalue weighted by Crippen LogP contribution is 2.31.